The lowest BCUT2D eigenvalue weighted by Crippen LogP contribution is -2.56. The molecule has 3 N–H and O–H groups in total. The van der Waals surface area contributed by atoms with Crippen molar-refractivity contribution in [3.63, 3.8) is 0 Å². The van der Waals surface area contributed by atoms with Gasteiger partial charge in [0.05, 0.1) is 30.5 Å². The molecule has 1 aromatic carbocycles. The van der Waals surface area contributed by atoms with Gasteiger partial charge >= 0.3 is 0 Å². The van der Waals surface area contributed by atoms with Gasteiger partial charge in [-0.2, -0.15) is 0 Å². The normalized spacial score (nSPS) is 16.4. The van der Waals surface area contributed by atoms with Crippen molar-refractivity contribution in [2.75, 3.05) is 19.5 Å². The molecule has 0 bridgehead atoms. The van der Waals surface area contributed by atoms with Gasteiger partial charge in [-0.15, -0.1) is 0 Å². The van der Waals surface area contributed by atoms with E-state index >= 15 is 0 Å². The molecule has 6 heteroatoms. The zero-order valence-corrected chi connectivity index (χ0v) is 11.7. The first kappa shape index (κ1) is 14.0. The largest absolute Gasteiger partial charge is 0.495 e. The Bertz CT molecular complexity index is 501. The molecule has 0 radical (unpaired) electrons. The summed E-state index contributed by atoms with van der Waals surface area (Å²) in [5, 5.41) is 3.17. The first-order valence-electron chi connectivity index (χ1n) is 6.02. The van der Waals surface area contributed by atoms with E-state index in [-0.39, 0.29) is 5.91 Å². The van der Waals surface area contributed by atoms with Crippen LogP contribution >= 0.6 is 11.6 Å². The Kier molecular flexibility index (Phi) is 3.87. The average molecular weight is 285 g/mol. The van der Waals surface area contributed by atoms with Crippen LogP contribution in [0.2, 0.25) is 5.02 Å². The summed E-state index contributed by atoms with van der Waals surface area (Å²) in [7, 11) is 3.03. The van der Waals surface area contributed by atoms with Crippen molar-refractivity contribution in [3.8, 4) is 11.5 Å². The Morgan fingerprint density at radius 2 is 1.95 bits per heavy atom. The molecule has 0 aromatic heterocycles. The number of carbonyl (C=O) groups excluding carboxylic acids is 1. The molecule has 1 fully saturated rings. The van der Waals surface area contributed by atoms with E-state index in [2.05, 4.69) is 5.32 Å². The lowest BCUT2D eigenvalue weighted by Gasteiger charge is -2.36. The van der Waals surface area contributed by atoms with E-state index in [1.807, 2.05) is 0 Å². The van der Waals surface area contributed by atoms with Gasteiger partial charge in [0.25, 0.3) is 0 Å². The maximum atomic E-state index is 12.1. The molecule has 0 unspecified atom stereocenters. The minimum atomic E-state index is -0.766. The van der Waals surface area contributed by atoms with Crippen LogP contribution in [0.15, 0.2) is 12.1 Å². The van der Waals surface area contributed by atoms with Crippen molar-refractivity contribution < 1.29 is 14.3 Å². The number of amides is 1. The third kappa shape index (κ3) is 2.62. The Hall–Kier alpha value is -1.46. The van der Waals surface area contributed by atoms with Gasteiger partial charge in [-0.25, -0.2) is 0 Å². The third-order valence-corrected chi connectivity index (χ3v) is 3.72. The number of nitrogens with one attached hydrogen (secondary N) is 1. The summed E-state index contributed by atoms with van der Waals surface area (Å²) in [4.78, 5) is 12.1. The van der Waals surface area contributed by atoms with Crippen molar-refractivity contribution in [1.82, 2.24) is 0 Å². The number of ether oxygens (including phenoxy) is 2. The molecule has 1 saturated carbocycles. The molecule has 0 heterocycles. The number of nitrogens with two attached hydrogens (primary N) is 1. The summed E-state index contributed by atoms with van der Waals surface area (Å²) in [5.41, 5.74) is 5.70. The van der Waals surface area contributed by atoms with Crippen LogP contribution in [0, 0.1) is 0 Å². The molecule has 19 heavy (non-hydrogen) atoms. The predicted octanol–water partition coefficient (Wildman–Crippen LogP) is 2.18. The smallest absolute Gasteiger partial charge is 0.244 e. The third-order valence-electron chi connectivity index (χ3n) is 3.42. The maximum absolute atomic E-state index is 12.1. The number of rotatable bonds is 4. The highest BCUT2D eigenvalue weighted by Crippen LogP contribution is 2.37. The summed E-state index contributed by atoms with van der Waals surface area (Å²) >= 11 is 6.04. The minimum Gasteiger partial charge on any atom is -0.495 e. The zero-order valence-electron chi connectivity index (χ0n) is 11.0. The van der Waals surface area contributed by atoms with E-state index < -0.39 is 5.54 Å². The highest BCUT2D eigenvalue weighted by atomic mass is 35.5. The van der Waals surface area contributed by atoms with Crippen LogP contribution in [0.4, 0.5) is 5.69 Å². The molecule has 104 valence electrons. The SMILES string of the molecule is COc1cc(OC)c(NC(=O)C2(N)CCC2)cc1Cl. The average Bonchev–Trinajstić information content (AvgIpc) is 2.36. The van der Waals surface area contributed by atoms with Crippen LogP contribution < -0.4 is 20.5 Å². The number of carbonyl (C=O) groups is 1. The number of methoxy groups -OCH3 is 2. The van der Waals surface area contributed by atoms with E-state index in [0.717, 1.165) is 6.42 Å². The number of hydrogen-bond donors (Lipinski definition) is 2. The van der Waals surface area contributed by atoms with Gasteiger partial charge in [-0.1, -0.05) is 11.6 Å². The van der Waals surface area contributed by atoms with E-state index in [1.54, 1.807) is 12.1 Å². The van der Waals surface area contributed by atoms with E-state index in [9.17, 15) is 4.79 Å². The number of anilines is 1. The van der Waals surface area contributed by atoms with Gasteiger partial charge in [0.2, 0.25) is 5.91 Å². The molecule has 1 aliphatic carbocycles. The van der Waals surface area contributed by atoms with Crippen LogP contribution in [0.25, 0.3) is 0 Å². The lowest BCUT2D eigenvalue weighted by atomic mass is 9.77. The maximum Gasteiger partial charge on any atom is 0.244 e. The quantitative estimate of drug-likeness (QED) is 0.889. The molecule has 1 aromatic rings. The first-order valence-corrected chi connectivity index (χ1v) is 6.40. The Morgan fingerprint density at radius 1 is 1.32 bits per heavy atom. The van der Waals surface area contributed by atoms with Crippen molar-refractivity contribution in [2.45, 2.75) is 24.8 Å². The number of benzene rings is 1. The van der Waals surface area contributed by atoms with Crippen LogP contribution in [-0.4, -0.2) is 25.7 Å². The van der Waals surface area contributed by atoms with Gasteiger partial charge in [0.15, 0.2) is 0 Å². The highest BCUT2D eigenvalue weighted by molar-refractivity contribution is 6.32. The monoisotopic (exact) mass is 284 g/mol. The molecule has 0 spiro atoms. The lowest BCUT2D eigenvalue weighted by molar-refractivity contribution is -0.123. The predicted molar refractivity (Wildman–Crippen MR) is 74.0 cm³/mol. The fourth-order valence-electron chi connectivity index (χ4n) is 1.99. The Labute approximate surface area is 117 Å². The second-order valence-electron chi connectivity index (χ2n) is 4.65. The van der Waals surface area contributed by atoms with Crippen LogP contribution in [0.5, 0.6) is 11.5 Å². The van der Waals surface area contributed by atoms with Crippen molar-refractivity contribution in [3.05, 3.63) is 17.2 Å². The molecule has 1 amide bonds. The molecule has 0 aliphatic heterocycles. The Balaban J connectivity index is 2.24. The van der Waals surface area contributed by atoms with E-state index in [0.29, 0.717) is 35.1 Å². The topological polar surface area (TPSA) is 73.6 Å². The van der Waals surface area contributed by atoms with Crippen molar-refractivity contribution in [2.24, 2.45) is 5.73 Å². The van der Waals surface area contributed by atoms with Gasteiger partial charge in [0, 0.05) is 6.07 Å². The molecular formula is C13H17ClN2O3. The Morgan fingerprint density at radius 3 is 2.42 bits per heavy atom. The van der Waals surface area contributed by atoms with Crippen LogP contribution in [0.1, 0.15) is 19.3 Å². The standard InChI is InChI=1S/C13H17ClN2O3/c1-18-10-7-11(19-2)9(6-8(10)14)16-12(17)13(15)4-3-5-13/h6-7H,3-5,15H2,1-2H3,(H,16,17). The second kappa shape index (κ2) is 5.27. The summed E-state index contributed by atoms with van der Waals surface area (Å²) in [6.07, 6.45) is 2.38. The van der Waals surface area contributed by atoms with E-state index in [4.69, 9.17) is 26.8 Å². The summed E-state index contributed by atoms with van der Waals surface area (Å²) in [6, 6.07) is 3.22. The molecule has 5 nitrogen and oxygen atoms in total. The van der Waals surface area contributed by atoms with Gasteiger partial charge in [0.1, 0.15) is 11.5 Å². The minimum absolute atomic E-state index is 0.210. The number of halogens is 1. The highest BCUT2D eigenvalue weighted by Gasteiger charge is 2.40. The molecular weight excluding hydrogens is 268 g/mol. The molecule has 2 rings (SSSR count). The van der Waals surface area contributed by atoms with Crippen LogP contribution in [-0.2, 0) is 4.79 Å². The van der Waals surface area contributed by atoms with Gasteiger partial charge in [-0.3, -0.25) is 4.79 Å². The zero-order chi connectivity index (χ0) is 14.0. The molecule has 0 saturated heterocycles. The van der Waals surface area contributed by atoms with Crippen molar-refractivity contribution in [1.29, 1.82) is 0 Å². The van der Waals surface area contributed by atoms with Crippen molar-refractivity contribution >= 4 is 23.2 Å². The fraction of sp³-hybridized carbons (Fsp3) is 0.462. The van der Waals surface area contributed by atoms with E-state index in [1.165, 1.54) is 14.2 Å². The fourth-order valence-corrected chi connectivity index (χ4v) is 2.23. The number of hydrogen-bond acceptors (Lipinski definition) is 4. The summed E-state index contributed by atoms with van der Waals surface area (Å²) in [5.74, 6) is 0.762. The van der Waals surface area contributed by atoms with Crippen LogP contribution in [0.3, 0.4) is 0 Å². The summed E-state index contributed by atoms with van der Waals surface area (Å²) in [6.45, 7) is 0. The second-order valence-corrected chi connectivity index (χ2v) is 5.06. The van der Waals surface area contributed by atoms with Gasteiger partial charge < -0.3 is 20.5 Å². The first-order chi connectivity index (χ1) is 9.00. The molecule has 1 aliphatic rings. The van der Waals surface area contributed by atoms with Gasteiger partial charge in [-0.05, 0) is 25.3 Å². The summed E-state index contributed by atoms with van der Waals surface area (Å²) < 4.78 is 10.3. The molecule has 0 atom stereocenters.